The number of benzene rings is 1. The van der Waals surface area contributed by atoms with Crippen LogP contribution in [-0.4, -0.2) is 20.3 Å². The number of hydrogen-bond acceptors (Lipinski definition) is 2. The summed E-state index contributed by atoms with van der Waals surface area (Å²) in [6, 6.07) is 5.13. The molecule has 0 spiro atoms. The van der Waals surface area contributed by atoms with Crippen molar-refractivity contribution in [1.82, 2.24) is 5.32 Å². The Labute approximate surface area is 83.1 Å². The molecular formula is C9H11BN2O2. The lowest BCUT2D eigenvalue weighted by molar-refractivity contribution is -0.108. The maximum Gasteiger partial charge on any atom is 0.325 e. The van der Waals surface area contributed by atoms with Crippen LogP contribution in [0.15, 0.2) is 18.2 Å². The van der Waals surface area contributed by atoms with Crippen molar-refractivity contribution >= 4 is 31.4 Å². The molecule has 1 aromatic carbocycles. The van der Waals surface area contributed by atoms with E-state index >= 15 is 0 Å². The second kappa shape index (κ2) is 4.46. The first kappa shape index (κ1) is 10.3. The fourth-order valence-corrected chi connectivity index (χ4v) is 1.17. The molecule has 1 rings (SSSR count). The Morgan fingerprint density at radius 2 is 2.21 bits per heavy atom. The molecule has 0 aliphatic rings. The number of urea groups is 1. The number of aryl methyl sites for hydroxylation is 1. The molecule has 0 radical (unpaired) electrons. The highest BCUT2D eigenvalue weighted by Gasteiger charge is 2.02. The summed E-state index contributed by atoms with van der Waals surface area (Å²) < 4.78 is 0. The number of nitrogens with one attached hydrogen (secondary N) is 2. The van der Waals surface area contributed by atoms with Crippen LogP contribution in [0, 0.1) is 6.92 Å². The minimum Gasteiger partial charge on any atom is -0.307 e. The first-order valence-electron chi connectivity index (χ1n) is 4.22. The third-order valence-electron chi connectivity index (χ3n) is 1.82. The predicted molar refractivity (Wildman–Crippen MR) is 57.6 cm³/mol. The largest absolute Gasteiger partial charge is 0.325 e. The van der Waals surface area contributed by atoms with Gasteiger partial charge < -0.3 is 5.32 Å². The van der Waals surface area contributed by atoms with Gasteiger partial charge >= 0.3 is 6.03 Å². The number of rotatable bonds is 2. The normalized spacial score (nSPS) is 9.21. The van der Waals surface area contributed by atoms with E-state index in [-0.39, 0.29) is 0 Å². The number of amides is 3. The van der Waals surface area contributed by atoms with Gasteiger partial charge in [-0.05, 0) is 18.6 Å². The van der Waals surface area contributed by atoms with E-state index in [1.165, 1.54) is 0 Å². The summed E-state index contributed by atoms with van der Waals surface area (Å²) in [5.41, 5.74) is 2.80. The van der Waals surface area contributed by atoms with Gasteiger partial charge in [0.2, 0.25) is 6.41 Å². The second-order valence-electron chi connectivity index (χ2n) is 3.03. The smallest absolute Gasteiger partial charge is 0.307 e. The quantitative estimate of drug-likeness (QED) is 0.489. The zero-order chi connectivity index (χ0) is 10.6. The standard InChI is InChI=1S/C9H11BN2O2/c1-6-4-7(10)2-3-8(6)12-9(14)11-5-13/h2-5H,10H2,1H3,(H2,11,12,13,14). The fraction of sp³-hybridized carbons (Fsp3) is 0.111. The molecule has 72 valence electrons. The van der Waals surface area contributed by atoms with Gasteiger partial charge in [0.1, 0.15) is 7.85 Å². The van der Waals surface area contributed by atoms with E-state index in [1.807, 2.05) is 32.2 Å². The van der Waals surface area contributed by atoms with Crippen LogP contribution in [0.4, 0.5) is 10.5 Å². The average molecular weight is 190 g/mol. The Kier molecular flexibility index (Phi) is 3.28. The van der Waals surface area contributed by atoms with Gasteiger partial charge in [0, 0.05) is 5.69 Å². The van der Waals surface area contributed by atoms with Gasteiger partial charge in [0.25, 0.3) is 0 Å². The van der Waals surface area contributed by atoms with E-state index in [0.717, 1.165) is 11.0 Å². The maximum atomic E-state index is 11.0. The summed E-state index contributed by atoms with van der Waals surface area (Å²) in [7, 11) is 1.97. The number of hydrogen-bond donors (Lipinski definition) is 2. The van der Waals surface area contributed by atoms with E-state index in [4.69, 9.17) is 0 Å². The van der Waals surface area contributed by atoms with E-state index in [0.29, 0.717) is 12.1 Å². The first-order valence-corrected chi connectivity index (χ1v) is 4.22. The third kappa shape index (κ3) is 2.62. The van der Waals surface area contributed by atoms with E-state index in [2.05, 4.69) is 5.32 Å². The average Bonchev–Trinajstić information content (AvgIpc) is 2.10. The van der Waals surface area contributed by atoms with Gasteiger partial charge in [-0.1, -0.05) is 17.6 Å². The van der Waals surface area contributed by atoms with Crippen LogP contribution in [0.25, 0.3) is 0 Å². The minimum atomic E-state index is -0.521. The van der Waals surface area contributed by atoms with Crippen LogP contribution in [0.5, 0.6) is 0 Å². The van der Waals surface area contributed by atoms with Gasteiger partial charge in [0.05, 0.1) is 0 Å². The molecule has 0 saturated heterocycles. The summed E-state index contributed by atoms with van der Waals surface area (Å²) in [4.78, 5) is 21.0. The van der Waals surface area contributed by atoms with Crippen molar-refractivity contribution < 1.29 is 9.59 Å². The Balaban J connectivity index is 2.76. The number of anilines is 1. The molecule has 0 aliphatic heterocycles. The Hall–Kier alpha value is -1.78. The highest BCUT2D eigenvalue weighted by atomic mass is 16.2. The van der Waals surface area contributed by atoms with Gasteiger partial charge in [-0.3, -0.25) is 10.1 Å². The maximum absolute atomic E-state index is 11.0. The summed E-state index contributed by atoms with van der Waals surface area (Å²) in [5.74, 6) is 0. The topological polar surface area (TPSA) is 58.2 Å². The molecule has 0 unspecified atom stereocenters. The molecule has 4 nitrogen and oxygen atoms in total. The summed E-state index contributed by atoms with van der Waals surface area (Å²) in [6.07, 6.45) is 0.346. The van der Waals surface area contributed by atoms with Crippen LogP contribution < -0.4 is 16.1 Å². The third-order valence-corrected chi connectivity index (χ3v) is 1.82. The highest BCUT2D eigenvalue weighted by Crippen LogP contribution is 2.11. The molecule has 0 heterocycles. The Morgan fingerprint density at radius 3 is 2.79 bits per heavy atom. The fourth-order valence-electron chi connectivity index (χ4n) is 1.17. The van der Waals surface area contributed by atoms with Gasteiger partial charge in [-0.2, -0.15) is 0 Å². The van der Waals surface area contributed by atoms with E-state index in [1.54, 1.807) is 6.07 Å². The molecule has 3 amide bonds. The van der Waals surface area contributed by atoms with Crippen molar-refractivity contribution in [2.45, 2.75) is 6.92 Å². The Morgan fingerprint density at radius 1 is 1.50 bits per heavy atom. The summed E-state index contributed by atoms with van der Waals surface area (Å²) in [5, 5.41) is 4.56. The van der Waals surface area contributed by atoms with Crippen molar-refractivity contribution in [1.29, 1.82) is 0 Å². The molecular weight excluding hydrogens is 179 g/mol. The molecule has 0 aliphatic carbocycles. The molecule has 0 atom stereocenters. The van der Waals surface area contributed by atoms with Gasteiger partial charge in [-0.25, -0.2) is 4.79 Å². The number of carbonyl (C=O) groups is 2. The van der Waals surface area contributed by atoms with Gasteiger partial charge in [-0.15, -0.1) is 0 Å². The minimum absolute atomic E-state index is 0.346. The summed E-state index contributed by atoms with van der Waals surface area (Å²) in [6.45, 7) is 1.89. The molecule has 5 heteroatoms. The molecule has 0 fully saturated rings. The van der Waals surface area contributed by atoms with Crippen molar-refractivity contribution in [3.63, 3.8) is 0 Å². The molecule has 0 aromatic heterocycles. The van der Waals surface area contributed by atoms with Crippen LogP contribution >= 0.6 is 0 Å². The summed E-state index contributed by atoms with van der Waals surface area (Å²) >= 11 is 0. The zero-order valence-corrected chi connectivity index (χ0v) is 8.13. The lowest BCUT2D eigenvalue weighted by Crippen LogP contribution is -2.27. The monoisotopic (exact) mass is 190 g/mol. The van der Waals surface area contributed by atoms with E-state index < -0.39 is 6.03 Å². The lowest BCUT2D eigenvalue weighted by atomic mass is 9.94. The first-order chi connectivity index (χ1) is 6.63. The van der Waals surface area contributed by atoms with Crippen molar-refractivity contribution in [2.75, 3.05) is 5.32 Å². The molecule has 0 saturated carbocycles. The van der Waals surface area contributed by atoms with Crippen LogP contribution in [-0.2, 0) is 4.79 Å². The SMILES string of the molecule is Bc1ccc(NC(=O)NC=O)c(C)c1. The van der Waals surface area contributed by atoms with Crippen molar-refractivity contribution in [2.24, 2.45) is 0 Å². The molecule has 1 aromatic rings. The Bertz CT molecular complexity index is 366. The second-order valence-corrected chi connectivity index (χ2v) is 3.03. The number of carbonyl (C=O) groups excluding carboxylic acids is 2. The van der Waals surface area contributed by atoms with Crippen LogP contribution in [0.1, 0.15) is 5.56 Å². The molecule has 14 heavy (non-hydrogen) atoms. The molecule has 2 N–H and O–H groups in total. The van der Waals surface area contributed by atoms with Crippen molar-refractivity contribution in [3.8, 4) is 0 Å². The van der Waals surface area contributed by atoms with Crippen LogP contribution in [0.2, 0.25) is 0 Å². The number of imide groups is 1. The zero-order valence-electron chi connectivity index (χ0n) is 8.13. The van der Waals surface area contributed by atoms with Crippen LogP contribution in [0.3, 0.4) is 0 Å². The van der Waals surface area contributed by atoms with Gasteiger partial charge in [0.15, 0.2) is 0 Å². The lowest BCUT2D eigenvalue weighted by Gasteiger charge is -2.07. The van der Waals surface area contributed by atoms with Crippen molar-refractivity contribution in [3.05, 3.63) is 23.8 Å². The highest BCUT2D eigenvalue weighted by molar-refractivity contribution is 6.32. The predicted octanol–water partition coefficient (Wildman–Crippen LogP) is -0.469. The molecule has 0 bridgehead atoms. The van der Waals surface area contributed by atoms with E-state index in [9.17, 15) is 9.59 Å².